The Morgan fingerprint density at radius 1 is 0.957 bits per heavy atom. The maximum atomic E-state index is 11.8. The number of aryl methyl sites for hydroxylation is 1. The van der Waals surface area contributed by atoms with Gasteiger partial charge in [-0.15, -0.1) is 0 Å². The van der Waals surface area contributed by atoms with Crippen LogP contribution in [0.15, 0.2) is 24.3 Å². The van der Waals surface area contributed by atoms with Gasteiger partial charge < -0.3 is 9.47 Å². The van der Waals surface area contributed by atoms with Gasteiger partial charge in [0.05, 0.1) is 15.1 Å². The molecule has 0 atom stereocenters. The van der Waals surface area contributed by atoms with Gasteiger partial charge in [0, 0.05) is 0 Å². The quantitative estimate of drug-likeness (QED) is 0.257. The first kappa shape index (κ1) is 18.5. The maximum absolute atomic E-state index is 11.8. The molecule has 0 unspecified atom stereocenters. The molecule has 3 nitrogen and oxygen atoms in total. The van der Waals surface area contributed by atoms with Crippen LogP contribution in [0.1, 0.15) is 5.56 Å². The van der Waals surface area contributed by atoms with Crippen molar-refractivity contribution >= 4 is 64.0 Å². The lowest BCUT2D eigenvalue weighted by Gasteiger charge is -2.13. The van der Waals surface area contributed by atoms with E-state index in [9.17, 15) is 4.79 Å². The van der Waals surface area contributed by atoms with Crippen LogP contribution in [0.3, 0.4) is 0 Å². The molecule has 122 valence electrons. The topological polar surface area (TPSA) is 35.5 Å². The predicted molar refractivity (Wildman–Crippen MR) is 93.8 cm³/mol. The fourth-order valence-corrected chi connectivity index (χ4v) is 2.91. The van der Waals surface area contributed by atoms with Crippen molar-refractivity contribution in [2.75, 3.05) is 6.61 Å². The average molecular weight is 414 g/mol. The lowest BCUT2D eigenvalue weighted by atomic mass is 10.2. The molecule has 0 aliphatic heterocycles. The van der Waals surface area contributed by atoms with Gasteiger partial charge in [-0.1, -0.05) is 70.1 Å². The van der Waals surface area contributed by atoms with Crippen LogP contribution in [0, 0.1) is 6.92 Å². The van der Waals surface area contributed by atoms with E-state index in [0.29, 0.717) is 5.75 Å². The molecule has 0 saturated carbocycles. The van der Waals surface area contributed by atoms with E-state index in [4.69, 9.17) is 67.5 Å². The first-order valence-corrected chi connectivity index (χ1v) is 8.11. The van der Waals surface area contributed by atoms with Crippen LogP contribution >= 0.6 is 58.0 Å². The second-order valence-corrected chi connectivity index (χ2v) is 6.37. The van der Waals surface area contributed by atoms with Crippen LogP contribution < -0.4 is 9.47 Å². The number of hydrogen-bond acceptors (Lipinski definition) is 3. The minimum Gasteiger partial charge on any atom is -0.479 e. The van der Waals surface area contributed by atoms with Gasteiger partial charge >= 0.3 is 5.97 Å². The smallest absolute Gasteiger partial charge is 0.349 e. The highest BCUT2D eigenvalue weighted by Crippen LogP contribution is 2.48. The van der Waals surface area contributed by atoms with Gasteiger partial charge in [0.15, 0.2) is 12.4 Å². The third kappa shape index (κ3) is 4.37. The van der Waals surface area contributed by atoms with E-state index < -0.39 is 12.6 Å². The molecule has 0 amide bonds. The summed E-state index contributed by atoms with van der Waals surface area (Å²) in [5.41, 5.74) is 0.957. The summed E-state index contributed by atoms with van der Waals surface area (Å²) in [6.07, 6.45) is 0. The molecule has 23 heavy (non-hydrogen) atoms. The van der Waals surface area contributed by atoms with E-state index in [-0.39, 0.29) is 30.9 Å². The lowest BCUT2D eigenvalue weighted by molar-refractivity contribution is -0.136. The standard InChI is InChI=1S/C15H9Cl5O3/c1-7-3-2-4-8(5-7)23-9(21)6-22-15-13(19)11(17)10(16)12(18)14(15)20/h2-5H,6H2,1H3. The third-order valence-electron chi connectivity index (χ3n) is 2.73. The molecule has 2 aromatic carbocycles. The minimum absolute atomic E-state index is 0.00946. The van der Waals surface area contributed by atoms with Crippen molar-refractivity contribution in [2.24, 2.45) is 0 Å². The summed E-state index contributed by atoms with van der Waals surface area (Å²) < 4.78 is 10.4. The first-order chi connectivity index (χ1) is 10.8. The Balaban J connectivity index is 2.11. The van der Waals surface area contributed by atoms with Gasteiger partial charge in [0.25, 0.3) is 0 Å². The van der Waals surface area contributed by atoms with E-state index >= 15 is 0 Å². The van der Waals surface area contributed by atoms with Gasteiger partial charge in [-0.2, -0.15) is 0 Å². The van der Waals surface area contributed by atoms with Gasteiger partial charge in [0.1, 0.15) is 15.8 Å². The maximum Gasteiger partial charge on any atom is 0.349 e. The minimum atomic E-state index is -0.634. The second kappa shape index (κ2) is 7.82. The number of hydrogen-bond donors (Lipinski definition) is 0. The number of ether oxygens (including phenoxy) is 2. The van der Waals surface area contributed by atoms with Crippen LogP contribution in [0.2, 0.25) is 25.1 Å². The zero-order valence-corrected chi connectivity index (χ0v) is 15.4. The van der Waals surface area contributed by atoms with E-state index in [2.05, 4.69) is 0 Å². The Bertz CT molecular complexity index is 732. The highest BCUT2D eigenvalue weighted by Gasteiger charge is 2.21. The Hall–Kier alpha value is -0.840. The Morgan fingerprint density at radius 3 is 2.09 bits per heavy atom. The molecule has 0 heterocycles. The molecule has 0 radical (unpaired) electrons. The fraction of sp³-hybridized carbons (Fsp3) is 0.133. The number of esters is 1. The van der Waals surface area contributed by atoms with E-state index in [0.717, 1.165) is 5.56 Å². The zero-order valence-electron chi connectivity index (χ0n) is 11.6. The van der Waals surface area contributed by atoms with Crippen molar-refractivity contribution in [3.8, 4) is 11.5 Å². The van der Waals surface area contributed by atoms with Crippen LogP contribution in [0.4, 0.5) is 0 Å². The van der Waals surface area contributed by atoms with Gasteiger partial charge in [-0.25, -0.2) is 4.79 Å². The van der Waals surface area contributed by atoms with Gasteiger partial charge in [0.2, 0.25) is 0 Å². The molecular weight excluding hydrogens is 405 g/mol. The number of halogens is 5. The molecule has 0 spiro atoms. The zero-order chi connectivity index (χ0) is 17.1. The molecule has 0 aliphatic carbocycles. The highest BCUT2D eigenvalue weighted by molar-refractivity contribution is 6.55. The van der Waals surface area contributed by atoms with Gasteiger partial charge in [-0.3, -0.25) is 0 Å². The Kier molecular flexibility index (Phi) is 6.29. The normalized spacial score (nSPS) is 10.5. The molecule has 0 aliphatic rings. The summed E-state index contributed by atoms with van der Waals surface area (Å²) in [5, 5.41) is -0.0727. The molecule has 0 aromatic heterocycles. The molecule has 8 heteroatoms. The average Bonchev–Trinajstić information content (AvgIpc) is 2.51. The summed E-state index contributed by atoms with van der Waals surface area (Å²) in [7, 11) is 0. The third-order valence-corrected chi connectivity index (χ3v) is 4.97. The Labute approximate surface area is 157 Å². The van der Waals surface area contributed by atoms with Crippen molar-refractivity contribution in [1.82, 2.24) is 0 Å². The lowest BCUT2D eigenvalue weighted by Crippen LogP contribution is -2.18. The SMILES string of the molecule is Cc1cccc(OC(=O)COc2c(Cl)c(Cl)c(Cl)c(Cl)c2Cl)c1. The molecule has 2 aromatic rings. The summed E-state index contributed by atoms with van der Waals surface area (Å²) in [6.45, 7) is 1.45. The summed E-state index contributed by atoms with van der Waals surface area (Å²) in [5.74, 6) is -0.262. The molecule has 0 N–H and O–H groups in total. The second-order valence-electron chi connectivity index (χ2n) is 4.48. The first-order valence-electron chi connectivity index (χ1n) is 6.23. The fourth-order valence-electron chi connectivity index (χ4n) is 1.68. The van der Waals surface area contributed by atoms with Crippen molar-refractivity contribution in [3.05, 3.63) is 54.9 Å². The Morgan fingerprint density at radius 2 is 1.52 bits per heavy atom. The number of carbonyl (C=O) groups is 1. The van der Waals surface area contributed by atoms with Crippen molar-refractivity contribution < 1.29 is 14.3 Å². The monoisotopic (exact) mass is 412 g/mol. The molecule has 0 fully saturated rings. The summed E-state index contributed by atoms with van der Waals surface area (Å²) >= 11 is 29.7. The highest BCUT2D eigenvalue weighted by atomic mass is 35.5. The molecule has 2 rings (SSSR count). The van der Waals surface area contributed by atoms with E-state index in [1.54, 1.807) is 18.2 Å². The molecule has 0 bridgehead atoms. The van der Waals surface area contributed by atoms with E-state index in [1.165, 1.54) is 0 Å². The van der Waals surface area contributed by atoms with Gasteiger partial charge in [-0.05, 0) is 24.6 Å². The van der Waals surface area contributed by atoms with Crippen molar-refractivity contribution in [1.29, 1.82) is 0 Å². The van der Waals surface area contributed by atoms with Crippen LogP contribution in [-0.2, 0) is 4.79 Å². The summed E-state index contributed by atoms with van der Waals surface area (Å²) in [6, 6.07) is 7.02. The van der Waals surface area contributed by atoms with Crippen LogP contribution in [-0.4, -0.2) is 12.6 Å². The largest absolute Gasteiger partial charge is 0.479 e. The molecular formula is C15H9Cl5O3. The predicted octanol–water partition coefficient (Wildman–Crippen LogP) is 6.25. The van der Waals surface area contributed by atoms with Crippen molar-refractivity contribution in [2.45, 2.75) is 6.92 Å². The van der Waals surface area contributed by atoms with Crippen LogP contribution in [0.5, 0.6) is 11.5 Å². The van der Waals surface area contributed by atoms with Crippen LogP contribution in [0.25, 0.3) is 0 Å². The van der Waals surface area contributed by atoms with Crippen molar-refractivity contribution in [3.63, 3.8) is 0 Å². The number of benzene rings is 2. The number of rotatable bonds is 4. The number of carbonyl (C=O) groups excluding carboxylic acids is 1. The summed E-state index contributed by atoms with van der Waals surface area (Å²) in [4.78, 5) is 11.8. The molecule has 0 saturated heterocycles. The van der Waals surface area contributed by atoms with E-state index in [1.807, 2.05) is 13.0 Å².